The summed E-state index contributed by atoms with van der Waals surface area (Å²) in [5, 5.41) is 0. The molecule has 2 rings (SSSR count). The highest BCUT2D eigenvalue weighted by atomic mass is 32.2. The van der Waals surface area contributed by atoms with Gasteiger partial charge in [0, 0.05) is 17.3 Å². The van der Waals surface area contributed by atoms with Crippen LogP contribution in [0.1, 0.15) is 0 Å². The quantitative estimate of drug-likeness (QED) is 0.635. The summed E-state index contributed by atoms with van der Waals surface area (Å²) < 4.78 is 48.9. The van der Waals surface area contributed by atoms with E-state index in [2.05, 4.69) is 0 Å². The Morgan fingerprint density at radius 3 is 1.96 bits per heavy atom. The fourth-order valence-electron chi connectivity index (χ4n) is 2.26. The van der Waals surface area contributed by atoms with Crippen molar-refractivity contribution in [3.8, 4) is 28.4 Å². The predicted octanol–water partition coefficient (Wildman–Crippen LogP) is 2.21. The third-order valence-corrected chi connectivity index (χ3v) is 4.15. The van der Waals surface area contributed by atoms with Crippen LogP contribution in [-0.2, 0) is 10.1 Å². The van der Waals surface area contributed by atoms with Gasteiger partial charge in [-0.15, -0.1) is 0 Å². The van der Waals surface area contributed by atoms with Crippen molar-refractivity contribution in [3.63, 3.8) is 0 Å². The van der Waals surface area contributed by atoms with Crippen molar-refractivity contribution in [3.05, 3.63) is 30.3 Å². The second-order valence-electron chi connectivity index (χ2n) is 4.62. The molecule has 0 amide bonds. The van der Waals surface area contributed by atoms with Gasteiger partial charge >= 0.3 is 0 Å². The first-order valence-electron chi connectivity index (χ1n) is 6.49. The number of methoxy groups -OCH3 is 3. The van der Waals surface area contributed by atoms with Crippen molar-refractivity contribution in [2.24, 2.45) is 0 Å². The summed E-state index contributed by atoms with van der Waals surface area (Å²) >= 11 is 0. The molecule has 23 heavy (non-hydrogen) atoms. The number of nitrogen functional groups attached to an aromatic ring is 1. The van der Waals surface area contributed by atoms with Gasteiger partial charge in [0.2, 0.25) is 5.75 Å². The van der Waals surface area contributed by atoms with E-state index in [-0.39, 0.29) is 27.7 Å². The molecule has 3 N–H and O–H groups in total. The molecular formula is C15H17NO6S. The van der Waals surface area contributed by atoms with Crippen molar-refractivity contribution in [1.82, 2.24) is 0 Å². The zero-order valence-corrected chi connectivity index (χ0v) is 13.7. The molecular weight excluding hydrogens is 322 g/mol. The molecule has 0 spiro atoms. The summed E-state index contributed by atoms with van der Waals surface area (Å²) in [6, 6.07) is 7.64. The average Bonchev–Trinajstić information content (AvgIpc) is 2.52. The van der Waals surface area contributed by atoms with Crippen LogP contribution in [0.5, 0.6) is 17.2 Å². The molecule has 0 fully saturated rings. The standard InChI is InChI=1S/C15H17NO6S/c1-20-11-8-12(23(17,18)19)13(15(22-3)14(11)21-2)9-4-6-10(16)7-5-9/h4-8H,16H2,1-3H3,(H,17,18,19). The third-order valence-electron chi connectivity index (χ3n) is 3.27. The summed E-state index contributed by atoms with van der Waals surface area (Å²) in [7, 11) is -0.404. The Bertz CT molecular complexity index is 815. The van der Waals surface area contributed by atoms with Crippen molar-refractivity contribution in [2.45, 2.75) is 4.90 Å². The number of hydrogen-bond acceptors (Lipinski definition) is 6. The number of hydrogen-bond donors (Lipinski definition) is 2. The van der Waals surface area contributed by atoms with E-state index in [0.29, 0.717) is 11.3 Å². The maximum atomic E-state index is 11.8. The summed E-state index contributed by atoms with van der Waals surface area (Å²) in [4.78, 5) is -0.350. The van der Waals surface area contributed by atoms with Gasteiger partial charge in [-0.1, -0.05) is 12.1 Å². The average molecular weight is 339 g/mol. The second kappa shape index (κ2) is 6.35. The monoisotopic (exact) mass is 339 g/mol. The molecule has 0 aliphatic rings. The second-order valence-corrected chi connectivity index (χ2v) is 6.01. The molecule has 0 radical (unpaired) electrons. The molecule has 0 unspecified atom stereocenters. The van der Waals surface area contributed by atoms with E-state index in [0.717, 1.165) is 0 Å². The highest BCUT2D eigenvalue weighted by Gasteiger charge is 2.27. The molecule has 8 heteroatoms. The van der Waals surface area contributed by atoms with Gasteiger partial charge in [0.15, 0.2) is 11.5 Å². The molecule has 0 aromatic heterocycles. The first kappa shape index (κ1) is 16.9. The Labute approximate surface area is 134 Å². The van der Waals surface area contributed by atoms with Crippen LogP contribution >= 0.6 is 0 Å². The zero-order valence-electron chi connectivity index (χ0n) is 12.9. The van der Waals surface area contributed by atoms with Crippen LogP contribution < -0.4 is 19.9 Å². The SMILES string of the molecule is COc1cc(S(=O)(=O)O)c(-c2ccc(N)cc2)c(OC)c1OC. The lowest BCUT2D eigenvalue weighted by Gasteiger charge is -2.18. The van der Waals surface area contributed by atoms with Gasteiger partial charge in [0.25, 0.3) is 10.1 Å². The van der Waals surface area contributed by atoms with Gasteiger partial charge in [-0.25, -0.2) is 0 Å². The molecule has 2 aromatic carbocycles. The Balaban J connectivity index is 2.93. The number of anilines is 1. The minimum Gasteiger partial charge on any atom is -0.493 e. The van der Waals surface area contributed by atoms with Gasteiger partial charge < -0.3 is 19.9 Å². The van der Waals surface area contributed by atoms with Crippen LogP contribution in [0.15, 0.2) is 35.2 Å². The normalized spacial score (nSPS) is 11.1. The van der Waals surface area contributed by atoms with Crippen LogP contribution in [0.2, 0.25) is 0 Å². The minimum absolute atomic E-state index is 0.121. The van der Waals surface area contributed by atoms with E-state index in [1.54, 1.807) is 24.3 Å². The topological polar surface area (TPSA) is 108 Å². The zero-order chi connectivity index (χ0) is 17.2. The van der Waals surface area contributed by atoms with Gasteiger partial charge in [-0.2, -0.15) is 8.42 Å². The van der Waals surface area contributed by atoms with Crippen molar-refractivity contribution < 1.29 is 27.2 Å². The Morgan fingerprint density at radius 1 is 0.957 bits per heavy atom. The van der Waals surface area contributed by atoms with Crippen molar-refractivity contribution >= 4 is 15.8 Å². The van der Waals surface area contributed by atoms with Crippen LogP contribution in [0.4, 0.5) is 5.69 Å². The third kappa shape index (κ3) is 3.17. The largest absolute Gasteiger partial charge is 0.493 e. The van der Waals surface area contributed by atoms with Crippen LogP contribution in [0, 0.1) is 0 Å². The number of nitrogens with two attached hydrogens (primary N) is 1. The summed E-state index contributed by atoms with van der Waals surface area (Å²) in [5.41, 5.74) is 6.82. The van der Waals surface area contributed by atoms with Gasteiger partial charge in [-0.3, -0.25) is 4.55 Å². The van der Waals surface area contributed by atoms with Crippen LogP contribution in [0.25, 0.3) is 11.1 Å². The Kier molecular flexibility index (Phi) is 4.67. The van der Waals surface area contributed by atoms with Crippen molar-refractivity contribution in [2.75, 3.05) is 27.1 Å². The lowest BCUT2D eigenvalue weighted by atomic mass is 10.0. The summed E-state index contributed by atoms with van der Waals surface area (Å²) in [6.45, 7) is 0. The van der Waals surface area contributed by atoms with Gasteiger partial charge in [0.05, 0.1) is 21.3 Å². The van der Waals surface area contributed by atoms with Crippen molar-refractivity contribution in [1.29, 1.82) is 0 Å². The maximum Gasteiger partial charge on any atom is 0.295 e. The maximum absolute atomic E-state index is 11.8. The molecule has 0 aliphatic heterocycles. The Morgan fingerprint density at radius 2 is 1.52 bits per heavy atom. The van der Waals surface area contributed by atoms with Crippen LogP contribution in [0.3, 0.4) is 0 Å². The first-order valence-corrected chi connectivity index (χ1v) is 7.93. The van der Waals surface area contributed by atoms with Gasteiger partial charge in [0.1, 0.15) is 4.90 Å². The predicted molar refractivity (Wildman–Crippen MR) is 85.8 cm³/mol. The van der Waals surface area contributed by atoms with E-state index in [1.807, 2.05) is 0 Å². The van der Waals surface area contributed by atoms with E-state index in [4.69, 9.17) is 19.9 Å². The summed E-state index contributed by atoms with van der Waals surface area (Å²) in [5.74, 6) is 0.467. The molecule has 0 aliphatic carbocycles. The molecule has 0 saturated carbocycles. The first-order chi connectivity index (χ1) is 10.8. The molecule has 0 saturated heterocycles. The van der Waals surface area contributed by atoms with E-state index in [9.17, 15) is 13.0 Å². The summed E-state index contributed by atoms with van der Waals surface area (Å²) in [6.07, 6.45) is 0. The highest BCUT2D eigenvalue weighted by molar-refractivity contribution is 7.86. The number of ether oxygens (including phenoxy) is 3. The number of benzene rings is 2. The minimum atomic E-state index is -4.53. The molecule has 0 bridgehead atoms. The van der Waals surface area contributed by atoms with E-state index in [1.165, 1.54) is 27.4 Å². The lowest BCUT2D eigenvalue weighted by Crippen LogP contribution is -2.06. The molecule has 7 nitrogen and oxygen atoms in total. The molecule has 124 valence electrons. The van der Waals surface area contributed by atoms with E-state index < -0.39 is 10.1 Å². The van der Waals surface area contributed by atoms with Crippen LogP contribution in [-0.4, -0.2) is 34.3 Å². The molecule has 2 aromatic rings. The fourth-order valence-corrected chi connectivity index (χ4v) is 2.98. The molecule has 0 heterocycles. The molecule has 0 atom stereocenters. The Hall–Kier alpha value is -2.45. The highest BCUT2D eigenvalue weighted by Crippen LogP contribution is 2.48. The van der Waals surface area contributed by atoms with Gasteiger partial charge in [-0.05, 0) is 17.7 Å². The number of rotatable bonds is 5. The lowest BCUT2D eigenvalue weighted by molar-refractivity contribution is 0.323. The van der Waals surface area contributed by atoms with E-state index >= 15 is 0 Å². The smallest absolute Gasteiger partial charge is 0.295 e. The fraction of sp³-hybridized carbons (Fsp3) is 0.200.